The number of aromatic amines is 1. The van der Waals surface area contributed by atoms with Crippen LogP contribution in [-0.4, -0.2) is 9.97 Å². The number of nitrogens with one attached hydrogen (secondary N) is 2. The Bertz CT molecular complexity index is 428. The van der Waals surface area contributed by atoms with Gasteiger partial charge in [-0.25, -0.2) is 4.98 Å². The molecule has 0 unspecified atom stereocenters. The van der Waals surface area contributed by atoms with Crippen molar-refractivity contribution in [3.05, 3.63) is 47.5 Å². The number of anilines is 1. The average Bonchev–Trinajstić information content (AvgIpc) is 2.64. The van der Waals surface area contributed by atoms with Gasteiger partial charge in [0.1, 0.15) is 5.82 Å². The third kappa shape index (κ3) is 2.59. The fourth-order valence-corrected chi connectivity index (χ4v) is 1.43. The van der Waals surface area contributed by atoms with Crippen LogP contribution in [0.1, 0.15) is 17.1 Å². The first-order valence-corrected chi connectivity index (χ1v) is 5.05. The molecule has 3 heteroatoms. The van der Waals surface area contributed by atoms with Gasteiger partial charge in [-0.1, -0.05) is 17.7 Å². The maximum atomic E-state index is 4.15. The Kier molecular flexibility index (Phi) is 2.72. The Hall–Kier alpha value is -1.77. The number of hydrogen-bond acceptors (Lipinski definition) is 2. The predicted octanol–water partition coefficient (Wildman–Crippen LogP) is 2.64. The molecular formula is C12H15N3. The highest BCUT2D eigenvalue weighted by Gasteiger charge is 1.96. The van der Waals surface area contributed by atoms with E-state index >= 15 is 0 Å². The Labute approximate surface area is 89.6 Å². The smallest absolute Gasteiger partial charge is 0.103 e. The van der Waals surface area contributed by atoms with Crippen molar-refractivity contribution in [1.82, 2.24) is 9.97 Å². The van der Waals surface area contributed by atoms with Gasteiger partial charge in [0, 0.05) is 5.69 Å². The van der Waals surface area contributed by atoms with Crippen LogP contribution in [0.15, 0.2) is 30.5 Å². The van der Waals surface area contributed by atoms with Crippen molar-refractivity contribution in [2.45, 2.75) is 20.4 Å². The van der Waals surface area contributed by atoms with E-state index < -0.39 is 0 Å². The second-order valence-corrected chi connectivity index (χ2v) is 3.71. The van der Waals surface area contributed by atoms with E-state index in [-0.39, 0.29) is 0 Å². The molecule has 0 radical (unpaired) electrons. The summed E-state index contributed by atoms with van der Waals surface area (Å²) in [5.41, 5.74) is 3.51. The van der Waals surface area contributed by atoms with E-state index in [0.29, 0.717) is 0 Å². The van der Waals surface area contributed by atoms with Crippen molar-refractivity contribution in [3.63, 3.8) is 0 Å². The molecule has 15 heavy (non-hydrogen) atoms. The third-order valence-corrected chi connectivity index (χ3v) is 2.29. The van der Waals surface area contributed by atoms with E-state index in [1.54, 1.807) is 0 Å². The minimum atomic E-state index is 0.782. The molecule has 0 spiro atoms. The first kappa shape index (κ1) is 9.77. The fourth-order valence-electron chi connectivity index (χ4n) is 1.43. The Morgan fingerprint density at radius 1 is 1.20 bits per heavy atom. The highest BCUT2D eigenvalue weighted by atomic mass is 15.0. The second kappa shape index (κ2) is 4.17. The number of rotatable bonds is 3. The van der Waals surface area contributed by atoms with Gasteiger partial charge < -0.3 is 10.3 Å². The maximum absolute atomic E-state index is 4.15. The van der Waals surface area contributed by atoms with E-state index in [9.17, 15) is 0 Å². The molecule has 0 saturated carbocycles. The number of H-pyrrole nitrogens is 1. The van der Waals surface area contributed by atoms with Crippen molar-refractivity contribution >= 4 is 5.69 Å². The number of hydrogen-bond donors (Lipinski definition) is 2. The van der Waals surface area contributed by atoms with Gasteiger partial charge in [0.2, 0.25) is 0 Å². The highest BCUT2D eigenvalue weighted by Crippen LogP contribution is 2.09. The van der Waals surface area contributed by atoms with E-state index in [2.05, 4.69) is 46.5 Å². The van der Waals surface area contributed by atoms with Gasteiger partial charge in [0.15, 0.2) is 0 Å². The average molecular weight is 201 g/mol. The predicted molar refractivity (Wildman–Crippen MR) is 61.8 cm³/mol. The lowest BCUT2D eigenvalue weighted by Gasteiger charge is -2.04. The van der Waals surface area contributed by atoms with Crippen LogP contribution >= 0.6 is 0 Å². The van der Waals surface area contributed by atoms with Gasteiger partial charge in [-0.3, -0.25) is 0 Å². The summed E-state index contributed by atoms with van der Waals surface area (Å²) in [5.74, 6) is 0.954. The molecule has 0 aliphatic rings. The molecule has 78 valence electrons. The minimum absolute atomic E-state index is 0.782. The molecular weight excluding hydrogens is 186 g/mol. The normalized spacial score (nSPS) is 10.3. The first-order valence-electron chi connectivity index (χ1n) is 5.05. The summed E-state index contributed by atoms with van der Waals surface area (Å²) >= 11 is 0. The van der Waals surface area contributed by atoms with Crippen LogP contribution in [-0.2, 0) is 6.54 Å². The largest absolute Gasteiger partial charge is 0.379 e. The van der Waals surface area contributed by atoms with Crippen molar-refractivity contribution < 1.29 is 0 Å². The lowest BCUT2D eigenvalue weighted by Crippen LogP contribution is -1.99. The van der Waals surface area contributed by atoms with Crippen LogP contribution in [0.2, 0.25) is 0 Å². The van der Waals surface area contributed by atoms with Gasteiger partial charge >= 0.3 is 0 Å². The molecule has 0 aliphatic heterocycles. The molecule has 0 amide bonds. The molecule has 1 aromatic heterocycles. The van der Waals surface area contributed by atoms with Gasteiger partial charge in [-0.05, 0) is 26.0 Å². The highest BCUT2D eigenvalue weighted by molar-refractivity contribution is 5.44. The second-order valence-electron chi connectivity index (χ2n) is 3.71. The molecule has 0 fully saturated rings. The van der Waals surface area contributed by atoms with E-state index in [0.717, 1.165) is 23.8 Å². The Balaban J connectivity index is 1.96. The van der Waals surface area contributed by atoms with Gasteiger partial charge in [-0.2, -0.15) is 0 Å². The summed E-state index contributed by atoms with van der Waals surface area (Å²) in [4.78, 5) is 7.33. The molecule has 0 aliphatic carbocycles. The Morgan fingerprint density at radius 2 is 1.93 bits per heavy atom. The molecule has 0 atom stereocenters. The third-order valence-electron chi connectivity index (χ3n) is 2.29. The van der Waals surface area contributed by atoms with Gasteiger partial charge in [-0.15, -0.1) is 0 Å². The van der Waals surface area contributed by atoms with Crippen molar-refractivity contribution in [1.29, 1.82) is 0 Å². The molecule has 3 nitrogen and oxygen atoms in total. The number of aromatic nitrogens is 2. The number of nitrogens with zero attached hydrogens (tertiary/aromatic N) is 1. The summed E-state index contributed by atoms with van der Waals surface area (Å²) in [7, 11) is 0. The van der Waals surface area contributed by atoms with E-state index in [4.69, 9.17) is 0 Å². The van der Waals surface area contributed by atoms with Gasteiger partial charge in [0.25, 0.3) is 0 Å². The zero-order valence-electron chi connectivity index (χ0n) is 9.04. The quantitative estimate of drug-likeness (QED) is 0.801. The summed E-state index contributed by atoms with van der Waals surface area (Å²) in [6, 6.07) is 8.36. The molecule has 2 rings (SSSR count). The lowest BCUT2D eigenvalue weighted by atomic mass is 10.2. The number of benzene rings is 1. The summed E-state index contributed by atoms with van der Waals surface area (Å²) < 4.78 is 0. The standard InChI is InChI=1S/C12H15N3/c1-9-3-5-11(6-4-9)14-8-12-7-13-10(2)15-12/h3-7,14H,8H2,1-2H3,(H,13,15). The van der Waals surface area contributed by atoms with Gasteiger partial charge in [0.05, 0.1) is 18.4 Å². The van der Waals surface area contributed by atoms with Crippen molar-refractivity contribution in [2.24, 2.45) is 0 Å². The van der Waals surface area contributed by atoms with Crippen LogP contribution < -0.4 is 5.32 Å². The topological polar surface area (TPSA) is 40.7 Å². The molecule has 1 heterocycles. The zero-order valence-corrected chi connectivity index (χ0v) is 9.04. The van der Waals surface area contributed by atoms with Crippen LogP contribution in [0, 0.1) is 13.8 Å². The van der Waals surface area contributed by atoms with Crippen molar-refractivity contribution in [3.8, 4) is 0 Å². The number of imidazole rings is 1. The minimum Gasteiger partial charge on any atom is -0.379 e. The van der Waals surface area contributed by atoms with Crippen LogP contribution in [0.4, 0.5) is 5.69 Å². The molecule has 0 saturated heterocycles. The van der Waals surface area contributed by atoms with Crippen LogP contribution in [0.3, 0.4) is 0 Å². The maximum Gasteiger partial charge on any atom is 0.103 e. The summed E-state index contributed by atoms with van der Waals surface area (Å²) in [5, 5.41) is 3.33. The summed E-state index contributed by atoms with van der Waals surface area (Å²) in [6.07, 6.45) is 1.86. The Morgan fingerprint density at radius 3 is 2.53 bits per heavy atom. The molecule has 2 aromatic rings. The fraction of sp³-hybridized carbons (Fsp3) is 0.250. The zero-order chi connectivity index (χ0) is 10.7. The van der Waals surface area contributed by atoms with E-state index in [1.807, 2.05) is 13.1 Å². The monoisotopic (exact) mass is 201 g/mol. The summed E-state index contributed by atoms with van der Waals surface area (Å²) in [6.45, 7) is 4.82. The lowest BCUT2D eigenvalue weighted by molar-refractivity contribution is 1.05. The van der Waals surface area contributed by atoms with Crippen molar-refractivity contribution in [2.75, 3.05) is 5.32 Å². The molecule has 2 N–H and O–H groups in total. The van der Waals surface area contributed by atoms with Crippen LogP contribution in [0.5, 0.6) is 0 Å². The SMILES string of the molecule is Cc1ccc(NCc2cnc(C)[nH]2)cc1. The van der Waals surface area contributed by atoms with E-state index in [1.165, 1.54) is 5.56 Å². The molecule has 1 aromatic carbocycles. The first-order chi connectivity index (χ1) is 7.24. The van der Waals surface area contributed by atoms with Crippen LogP contribution in [0.25, 0.3) is 0 Å². The molecule has 0 bridgehead atoms. The number of aryl methyl sites for hydroxylation is 2.